The van der Waals surface area contributed by atoms with E-state index in [1.54, 1.807) is 7.05 Å². The average Bonchev–Trinajstić information content (AvgIpc) is 3.09. The van der Waals surface area contributed by atoms with Gasteiger partial charge in [0.25, 0.3) is 0 Å². The number of carbonyl (C=O) groups is 2. The van der Waals surface area contributed by atoms with Gasteiger partial charge in [-0.1, -0.05) is 20.8 Å². The molecule has 0 aromatic rings. The zero-order chi connectivity index (χ0) is 23.3. The van der Waals surface area contributed by atoms with Crippen molar-refractivity contribution < 1.29 is 19.8 Å². The fourth-order valence-corrected chi connectivity index (χ4v) is 8.87. The van der Waals surface area contributed by atoms with Crippen molar-refractivity contribution in [2.24, 2.45) is 46.3 Å². The first-order valence-corrected chi connectivity index (χ1v) is 12.9. The Kier molecular flexibility index (Phi) is 6.68. The Morgan fingerprint density at radius 1 is 1.12 bits per heavy atom. The van der Waals surface area contributed by atoms with Crippen LogP contribution in [0.3, 0.4) is 0 Å². The maximum atomic E-state index is 12.4. The summed E-state index contributed by atoms with van der Waals surface area (Å²) in [5.41, 5.74) is 0.606. The van der Waals surface area contributed by atoms with Crippen LogP contribution in [0.1, 0.15) is 72.1 Å². The highest BCUT2D eigenvalue weighted by molar-refractivity contribution is 5.80. The lowest BCUT2D eigenvalue weighted by atomic mass is 9.45. The molecule has 0 bridgehead atoms. The molecule has 3 aliphatic carbocycles. The summed E-state index contributed by atoms with van der Waals surface area (Å²) < 4.78 is 0. The number of carboxylic acids is 1. The van der Waals surface area contributed by atoms with E-state index < -0.39 is 5.97 Å². The molecule has 32 heavy (non-hydrogen) atoms. The number of hydrogen-bond donors (Lipinski definition) is 3. The van der Waals surface area contributed by atoms with Crippen molar-refractivity contribution in [2.75, 3.05) is 26.7 Å². The van der Waals surface area contributed by atoms with Gasteiger partial charge >= 0.3 is 5.97 Å². The third-order valence-corrected chi connectivity index (χ3v) is 10.7. The van der Waals surface area contributed by atoms with Crippen molar-refractivity contribution >= 4 is 11.9 Å². The van der Waals surface area contributed by atoms with E-state index in [-0.39, 0.29) is 24.0 Å². The van der Waals surface area contributed by atoms with Crippen LogP contribution < -0.4 is 5.32 Å². The number of aliphatic hydroxyl groups is 1. The van der Waals surface area contributed by atoms with Gasteiger partial charge in [0.1, 0.15) is 6.54 Å². The molecule has 3 N–H and O–H groups in total. The number of rotatable bonds is 6. The van der Waals surface area contributed by atoms with Gasteiger partial charge in [-0.15, -0.1) is 0 Å². The first-order valence-electron chi connectivity index (χ1n) is 12.9. The first kappa shape index (κ1) is 24.0. The number of carbonyl (C=O) groups excluding carboxylic acids is 1. The van der Waals surface area contributed by atoms with Crippen molar-refractivity contribution in [1.29, 1.82) is 0 Å². The van der Waals surface area contributed by atoms with Crippen LogP contribution in [0, 0.1) is 46.3 Å². The molecule has 0 unspecified atom stereocenters. The van der Waals surface area contributed by atoms with E-state index in [2.05, 4.69) is 26.1 Å². The van der Waals surface area contributed by atoms with Crippen LogP contribution in [0.2, 0.25) is 0 Å². The number of piperidine rings is 1. The number of nitrogens with zero attached hydrogens (tertiary/aromatic N) is 1. The first-order chi connectivity index (χ1) is 15.1. The molecule has 0 spiro atoms. The van der Waals surface area contributed by atoms with E-state index in [4.69, 9.17) is 5.11 Å². The normalized spacial score (nSPS) is 44.2. The molecule has 6 nitrogen and oxygen atoms in total. The zero-order valence-corrected chi connectivity index (χ0v) is 20.5. The Bertz CT molecular complexity index is 729. The second kappa shape index (κ2) is 8.90. The molecular weight excluding hydrogens is 404 g/mol. The molecule has 1 amide bonds. The molecule has 1 aliphatic heterocycles. The second-order valence-electron chi connectivity index (χ2n) is 12.1. The third kappa shape index (κ3) is 4.00. The van der Waals surface area contributed by atoms with Gasteiger partial charge in [0, 0.05) is 13.5 Å². The molecular formula is C26H44N2O4. The summed E-state index contributed by atoms with van der Waals surface area (Å²) in [5.74, 6) is 2.22. The van der Waals surface area contributed by atoms with Crippen molar-refractivity contribution in [3.05, 3.63) is 0 Å². The Hall–Kier alpha value is -1.14. The van der Waals surface area contributed by atoms with Crippen LogP contribution in [0.25, 0.3) is 0 Å². The molecule has 9 atom stereocenters. The van der Waals surface area contributed by atoms with E-state index in [1.165, 1.54) is 37.0 Å². The minimum atomic E-state index is -0.965. The zero-order valence-electron chi connectivity index (χ0n) is 20.5. The molecule has 4 rings (SSSR count). The smallest absolute Gasteiger partial charge is 0.323 e. The number of aliphatic hydroxyl groups excluding tert-OH is 1. The van der Waals surface area contributed by atoms with Crippen LogP contribution in [0.5, 0.6) is 0 Å². The molecule has 4 aliphatic rings. The van der Waals surface area contributed by atoms with E-state index in [0.717, 1.165) is 25.9 Å². The minimum absolute atomic E-state index is 0.0739. The fraction of sp³-hybridized carbons (Fsp3) is 0.923. The average molecular weight is 449 g/mol. The van der Waals surface area contributed by atoms with Gasteiger partial charge in [-0.3, -0.25) is 9.59 Å². The Labute approximate surface area is 193 Å². The highest BCUT2D eigenvalue weighted by Crippen LogP contribution is 2.67. The lowest BCUT2D eigenvalue weighted by molar-refractivity contribution is -0.161. The van der Waals surface area contributed by atoms with Crippen molar-refractivity contribution in [1.82, 2.24) is 10.2 Å². The van der Waals surface area contributed by atoms with Crippen molar-refractivity contribution in [3.63, 3.8) is 0 Å². The molecule has 182 valence electrons. The van der Waals surface area contributed by atoms with E-state index in [1.807, 2.05) is 0 Å². The molecule has 3 saturated carbocycles. The number of aliphatic carboxylic acids is 1. The number of fused-ring (bicyclic) bond motifs is 5. The summed E-state index contributed by atoms with van der Waals surface area (Å²) >= 11 is 0. The highest BCUT2D eigenvalue weighted by Gasteiger charge is 2.62. The lowest BCUT2D eigenvalue weighted by Crippen LogP contribution is -2.60. The lowest BCUT2D eigenvalue weighted by Gasteiger charge is -2.62. The Balaban J connectivity index is 1.44. The molecule has 6 heteroatoms. The number of hydrogen-bond acceptors (Lipinski definition) is 4. The maximum Gasteiger partial charge on any atom is 0.323 e. The predicted molar refractivity (Wildman–Crippen MR) is 124 cm³/mol. The molecule has 0 aromatic carbocycles. The van der Waals surface area contributed by atoms with Gasteiger partial charge in [-0.2, -0.15) is 0 Å². The van der Waals surface area contributed by atoms with Crippen LogP contribution in [-0.4, -0.2) is 59.8 Å². The van der Waals surface area contributed by atoms with Gasteiger partial charge in [0.15, 0.2) is 0 Å². The van der Waals surface area contributed by atoms with Crippen LogP contribution in [-0.2, 0) is 9.59 Å². The van der Waals surface area contributed by atoms with Gasteiger partial charge in [0.05, 0.1) is 6.10 Å². The number of nitrogens with one attached hydrogen (secondary N) is 1. The van der Waals surface area contributed by atoms with Gasteiger partial charge in [-0.25, -0.2) is 0 Å². The quantitative estimate of drug-likeness (QED) is 0.580. The minimum Gasteiger partial charge on any atom is -0.480 e. The van der Waals surface area contributed by atoms with Crippen molar-refractivity contribution in [3.8, 4) is 0 Å². The highest BCUT2D eigenvalue weighted by atomic mass is 16.4. The molecule has 0 aromatic heterocycles. The second-order valence-corrected chi connectivity index (χ2v) is 12.1. The largest absolute Gasteiger partial charge is 0.480 e. The van der Waals surface area contributed by atoms with Crippen LogP contribution >= 0.6 is 0 Å². The monoisotopic (exact) mass is 448 g/mol. The van der Waals surface area contributed by atoms with Gasteiger partial charge in [-0.05, 0) is 104 Å². The van der Waals surface area contributed by atoms with Crippen molar-refractivity contribution in [2.45, 2.75) is 78.2 Å². The maximum absolute atomic E-state index is 12.4. The van der Waals surface area contributed by atoms with Crippen LogP contribution in [0.15, 0.2) is 0 Å². The predicted octanol–water partition coefficient (Wildman–Crippen LogP) is 3.38. The van der Waals surface area contributed by atoms with Gasteiger partial charge < -0.3 is 20.4 Å². The standard InChI is InChI=1S/C26H44N2O4/c1-16(5-8-22(30)28(4)15-23(31)32)18-6-7-19-24-20(9-10-26(18,19)3)25(2)11-12-27-14-17(25)13-21(24)29/h16-21,24,27,29H,5-15H2,1-4H3,(H,31,32)/t16-,17-,18-,19+,20+,21+,24+,25+,26-/m1/s1. The number of carboxylic acid groups (broad SMARTS) is 1. The Morgan fingerprint density at radius 3 is 2.56 bits per heavy atom. The summed E-state index contributed by atoms with van der Waals surface area (Å²) in [6, 6.07) is 0. The number of amides is 1. The summed E-state index contributed by atoms with van der Waals surface area (Å²) in [5, 5.41) is 23.8. The van der Waals surface area contributed by atoms with E-state index in [9.17, 15) is 14.7 Å². The third-order valence-electron chi connectivity index (χ3n) is 10.7. The van der Waals surface area contributed by atoms with E-state index >= 15 is 0 Å². The molecule has 1 heterocycles. The fourth-order valence-electron chi connectivity index (χ4n) is 8.87. The van der Waals surface area contributed by atoms with Gasteiger partial charge in [0.2, 0.25) is 5.91 Å². The Morgan fingerprint density at radius 2 is 1.84 bits per heavy atom. The van der Waals surface area contributed by atoms with E-state index in [0.29, 0.717) is 47.3 Å². The summed E-state index contributed by atoms with van der Waals surface area (Å²) in [6.45, 7) is 9.22. The number of likely N-dealkylation sites (N-methyl/N-ethyl adjacent to an activating group) is 1. The summed E-state index contributed by atoms with van der Waals surface area (Å²) in [7, 11) is 1.58. The summed E-state index contributed by atoms with van der Waals surface area (Å²) in [4.78, 5) is 24.6. The molecule has 4 fully saturated rings. The molecule has 0 radical (unpaired) electrons. The topological polar surface area (TPSA) is 89.9 Å². The summed E-state index contributed by atoms with van der Waals surface area (Å²) in [6.07, 6.45) is 8.11. The molecule has 1 saturated heterocycles. The van der Waals surface area contributed by atoms with Crippen LogP contribution in [0.4, 0.5) is 0 Å². The SMILES string of the molecule is C[C@H](CCC(=O)N(C)CC(=O)O)[C@H]1CC[C@H]2[C@@H]3[C@@H](O)C[C@@H]4CNCC[C@]4(C)[C@H]3CC[C@]12C.